The second-order valence-corrected chi connectivity index (χ2v) is 3.87. The minimum absolute atomic E-state index is 0.600. The maximum Gasteiger partial charge on any atom is 0.138 e. The van der Waals surface area contributed by atoms with Gasteiger partial charge in [0.05, 0.1) is 17.6 Å². The molecule has 0 amide bonds. The normalized spacial score (nSPS) is 10.7. The molecular formula is C12H13ClN2O. The first-order valence-electron chi connectivity index (χ1n) is 5.08. The number of hydrogen-bond donors (Lipinski definition) is 1. The largest absolute Gasteiger partial charge is 0.495 e. The zero-order valence-corrected chi connectivity index (χ0v) is 9.79. The van der Waals surface area contributed by atoms with Gasteiger partial charge in [0, 0.05) is 17.5 Å². The van der Waals surface area contributed by atoms with Crippen molar-refractivity contribution in [3.8, 4) is 5.75 Å². The molecule has 0 radical (unpaired) electrons. The molecule has 84 valence electrons. The second kappa shape index (κ2) is 4.68. The highest BCUT2D eigenvalue weighted by atomic mass is 35.5. The van der Waals surface area contributed by atoms with Gasteiger partial charge in [0.15, 0.2) is 0 Å². The van der Waals surface area contributed by atoms with Gasteiger partial charge in [-0.05, 0) is 30.8 Å². The predicted molar refractivity (Wildman–Crippen MR) is 66.1 cm³/mol. The van der Waals surface area contributed by atoms with Crippen molar-refractivity contribution in [2.24, 2.45) is 5.73 Å². The van der Waals surface area contributed by atoms with E-state index < -0.39 is 0 Å². The van der Waals surface area contributed by atoms with Crippen molar-refractivity contribution >= 4 is 22.5 Å². The minimum atomic E-state index is 0.600. The third kappa shape index (κ3) is 1.96. The number of nitrogens with two attached hydrogens (primary N) is 1. The predicted octanol–water partition coefficient (Wildman–Crippen LogP) is 2.40. The summed E-state index contributed by atoms with van der Waals surface area (Å²) in [6.45, 7) is 0.600. The first-order chi connectivity index (χ1) is 7.76. The Hall–Kier alpha value is -1.32. The molecular weight excluding hydrogens is 224 g/mol. The van der Waals surface area contributed by atoms with Crippen molar-refractivity contribution in [1.29, 1.82) is 0 Å². The fraction of sp³-hybridized carbons (Fsp3) is 0.250. The summed E-state index contributed by atoms with van der Waals surface area (Å²) >= 11 is 6.18. The monoisotopic (exact) mass is 236 g/mol. The smallest absolute Gasteiger partial charge is 0.138 e. The van der Waals surface area contributed by atoms with Crippen LogP contribution in [0, 0.1) is 0 Å². The van der Waals surface area contributed by atoms with Crippen molar-refractivity contribution in [1.82, 2.24) is 4.98 Å². The highest BCUT2D eigenvalue weighted by Crippen LogP contribution is 2.31. The molecule has 0 saturated heterocycles. The van der Waals surface area contributed by atoms with E-state index in [2.05, 4.69) is 4.98 Å². The van der Waals surface area contributed by atoms with E-state index in [-0.39, 0.29) is 0 Å². The Balaban J connectivity index is 2.56. The van der Waals surface area contributed by atoms with E-state index in [1.807, 2.05) is 24.3 Å². The van der Waals surface area contributed by atoms with E-state index in [1.54, 1.807) is 7.11 Å². The first-order valence-corrected chi connectivity index (χ1v) is 5.46. The van der Waals surface area contributed by atoms with Crippen LogP contribution >= 0.6 is 11.6 Å². The molecule has 1 heterocycles. The summed E-state index contributed by atoms with van der Waals surface area (Å²) in [7, 11) is 1.60. The zero-order chi connectivity index (χ0) is 11.5. The van der Waals surface area contributed by atoms with Crippen LogP contribution in [0.25, 0.3) is 10.9 Å². The maximum atomic E-state index is 6.18. The lowest BCUT2D eigenvalue weighted by atomic mass is 10.1. The van der Waals surface area contributed by atoms with Crippen molar-refractivity contribution < 1.29 is 4.74 Å². The second-order valence-electron chi connectivity index (χ2n) is 3.49. The van der Waals surface area contributed by atoms with E-state index in [0.29, 0.717) is 17.3 Å². The molecule has 2 N–H and O–H groups in total. The van der Waals surface area contributed by atoms with E-state index in [4.69, 9.17) is 22.1 Å². The van der Waals surface area contributed by atoms with Crippen LogP contribution in [0.2, 0.25) is 5.02 Å². The summed E-state index contributed by atoms with van der Waals surface area (Å²) < 4.78 is 5.15. The summed E-state index contributed by atoms with van der Waals surface area (Å²) in [5, 5.41) is 1.51. The van der Waals surface area contributed by atoms with Crippen molar-refractivity contribution in [2.45, 2.75) is 6.42 Å². The van der Waals surface area contributed by atoms with Gasteiger partial charge in [0.25, 0.3) is 0 Å². The van der Waals surface area contributed by atoms with Crippen LogP contribution in [0.1, 0.15) is 5.69 Å². The Kier molecular flexibility index (Phi) is 3.27. The molecule has 0 fully saturated rings. The fourth-order valence-electron chi connectivity index (χ4n) is 1.64. The van der Waals surface area contributed by atoms with Gasteiger partial charge in [-0.1, -0.05) is 11.6 Å². The molecule has 4 heteroatoms. The third-order valence-corrected chi connectivity index (χ3v) is 2.84. The van der Waals surface area contributed by atoms with Crippen molar-refractivity contribution in [3.05, 3.63) is 35.0 Å². The summed E-state index contributed by atoms with van der Waals surface area (Å²) in [5.41, 5.74) is 7.35. The molecule has 2 aromatic rings. The van der Waals surface area contributed by atoms with E-state index in [9.17, 15) is 0 Å². The molecule has 0 aliphatic carbocycles. The number of rotatable bonds is 3. The van der Waals surface area contributed by atoms with Crippen LogP contribution in [0.5, 0.6) is 5.75 Å². The Bertz CT molecular complexity index is 514. The highest BCUT2D eigenvalue weighted by molar-refractivity contribution is 6.36. The average molecular weight is 237 g/mol. The topological polar surface area (TPSA) is 48.1 Å². The SMILES string of the molecule is COc1ccc2nc(CCN)ccc2c1Cl. The van der Waals surface area contributed by atoms with E-state index in [0.717, 1.165) is 23.0 Å². The van der Waals surface area contributed by atoms with Crippen LogP contribution in [0.15, 0.2) is 24.3 Å². The van der Waals surface area contributed by atoms with Crippen LogP contribution in [0.4, 0.5) is 0 Å². The van der Waals surface area contributed by atoms with E-state index in [1.165, 1.54) is 0 Å². The third-order valence-electron chi connectivity index (χ3n) is 2.45. The number of nitrogens with zero attached hydrogens (tertiary/aromatic N) is 1. The molecule has 0 saturated carbocycles. The average Bonchev–Trinajstić information content (AvgIpc) is 2.30. The van der Waals surface area contributed by atoms with E-state index >= 15 is 0 Å². The van der Waals surface area contributed by atoms with Gasteiger partial charge >= 0.3 is 0 Å². The van der Waals surface area contributed by atoms with Gasteiger partial charge in [0.1, 0.15) is 5.75 Å². The lowest BCUT2D eigenvalue weighted by Gasteiger charge is -2.07. The van der Waals surface area contributed by atoms with Gasteiger partial charge in [-0.25, -0.2) is 0 Å². The fourth-order valence-corrected chi connectivity index (χ4v) is 1.94. The standard InChI is InChI=1S/C12H13ClN2O/c1-16-11-5-4-10-9(12(11)13)3-2-8(15-10)6-7-14/h2-5H,6-7,14H2,1H3. The van der Waals surface area contributed by atoms with Crippen LogP contribution in [-0.2, 0) is 6.42 Å². The van der Waals surface area contributed by atoms with Gasteiger partial charge in [-0.3, -0.25) is 4.98 Å². The van der Waals surface area contributed by atoms with Gasteiger partial charge in [0.2, 0.25) is 0 Å². The molecule has 2 rings (SSSR count). The van der Waals surface area contributed by atoms with Crippen LogP contribution in [0.3, 0.4) is 0 Å². The molecule has 0 atom stereocenters. The number of methoxy groups -OCH3 is 1. The molecule has 0 aliphatic heterocycles. The molecule has 0 unspecified atom stereocenters. The number of hydrogen-bond acceptors (Lipinski definition) is 3. The number of pyridine rings is 1. The first kappa shape index (κ1) is 11.2. The molecule has 1 aromatic heterocycles. The summed E-state index contributed by atoms with van der Waals surface area (Å²) in [4.78, 5) is 4.48. The van der Waals surface area contributed by atoms with Crippen LogP contribution < -0.4 is 10.5 Å². The number of aromatic nitrogens is 1. The Morgan fingerprint density at radius 2 is 2.12 bits per heavy atom. The lowest BCUT2D eigenvalue weighted by Crippen LogP contribution is -2.04. The quantitative estimate of drug-likeness (QED) is 0.890. The number of fused-ring (bicyclic) bond motifs is 1. The number of halogens is 1. The van der Waals surface area contributed by atoms with Crippen LogP contribution in [-0.4, -0.2) is 18.6 Å². The minimum Gasteiger partial charge on any atom is -0.495 e. The Morgan fingerprint density at radius 3 is 2.81 bits per heavy atom. The maximum absolute atomic E-state index is 6.18. The van der Waals surface area contributed by atoms with Crippen molar-refractivity contribution in [3.63, 3.8) is 0 Å². The molecule has 16 heavy (non-hydrogen) atoms. The number of ether oxygens (including phenoxy) is 1. The Labute approximate surface area is 99.2 Å². The molecule has 0 aliphatic rings. The summed E-state index contributed by atoms with van der Waals surface area (Å²) in [5.74, 6) is 0.669. The molecule has 1 aromatic carbocycles. The number of benzene rings is 1. The summed E-state index contributed by atoms with van der Waals surface area (Å²) in [6, 6.07) is 7.63. The molecule has 3 nitrogen and oxygen atoms in total. The van der Waals surface area contributed by atoms with Crippen molar-refractivity contribution in [2.75, 3.05) is 13.7 Å². The van der Waals surface area contributed by atoms with Gasteiger partial charge < -0.3 is 10.5 Å². The van der Waals surface area contributed by atoms with Gasteiger partial charge in [-0.2, -0.15) is 0 Å². The lowest BCUT2D eigenvalue weighted by molar-refractivity contribution is 0.415. The zero-order valence-electron chi connectivity index (χ0n) is 9.03. The summed E-state index contributed by atoms with van der Waals surface area (Å²) in [6.07, 6.45) is 0.777. The molecule has 0 spiro atoms. The van der Waals surface area contributed by atoms with Gasteiger partial charge in [-0.15, -0.1) is 0 Å². The highest BCUT2D eigenvalue weighted by Gasteiger charge is 2.07. The Morgan fingerprint density at radius 1 is 1.31 bits per heavy atom. The molecule has 0 bridgehead atoms.